The molecule has 0 aliphatic rings. The summed E-state index contributed by atoms with van der Waals surface area (Å²) in [5.41, 5.74) is 0. The molecule has 0 aliphatic carbocycles. The summed E-state index contributed by atoms with van der Waals surface area (Å²) in [5.74, 6) is -0.0853. The van der Waals surface area contributed by atoms with Gasteiger partial charge in [-0.3, -0.25) is 0 Å². The van der Waals surface area contributed by atoms with Gasteiger partial charge in [-0.15, -0.1) is 0 Å². The standard InChI is InChI=1S/C11H15FINO3/c12-11-9-10(1-3-14-11)17-8-7-16-6-5-15-4-2-13/h1,3,9H,2,4-8H2. The van der Waals surface area contributed by atoms with Gasteiger partial charge in [0, 0.05) is 16.7 Å². The first kappa shape index (κ1) is 14.6. The van der Waals surface area contributed by atoms with Crippen LogP contribution in [-0.2, 0) is 9.47 Å². The number of aromatic nitrogens is 1. The molecule has 0 unspecified atom stereocenters. The number of nitrogens with zero attached hydrogens (tertiary/aromatic N) is 1. The summed E-state index contributed by atoms with van der Waals surface area (Å²) in [7, 11) is 0. The highest BCUT2D eigenvalue weighted by atomic mass is 127. The highest BCUT2D eigenvalue weighted by Gasteiger charge is 1.96. The van der Waals surface area contributed by atoms with E-state index in [1.807, 2.05) is 0 Å². The molecule has 1 rings (SSSR count). The van der Waals surface area contributed by atoms with Gasteiger partial charge in [-0.1, -0.05) is 22.6 Å². The Labute approximate surface area is 114 Å². The number of hydrogen-bond donors (Lipinski definition) is 0. The van der Waals surface area contributed by atoms with Crippen LogP contribution in [-0.4, -0.2) is 42.4 Å². The molecular formula is C11H15FINO3. The smallest absolute Gasteiger partial charge is 0.216 e. The van der Waals surface area contributed by atoms with Crippen molar-refractivity contribution in [3.05, 3.63) is 24.3 Å². The third-order valence-corrected chi connectivity index (χ3v) is 2.23. The Kier molecular flexibility index (Phi) is 8.20. The van der Waals surface area contributed by atoms with Gasteiger partial charge in [0.25, 0.3) is 0 Å². The molecule has 0 atom stereocenters. The van der Waals surface area contributed by atoms with E-state index in [0.717, 1.165) is 11.0 Å². The van der Waals surface area contributed by atoms with Crippen LogP contribution in [0.25, 0.3) is 0 Å². The van der Waals surface area contributed by atoms with E-state index in [4.69, 9.17) is 14.2 Å². The topological polar surface area (TPSA) is 40.6 Å². The van der Waals surface area contributed by atoms with Crippen molar-refractivity contribution in [1.82, 2.24) is 4.98 Å². The molecule has 0 fully saturated rings. The van der Waals surface area contributed by atoms with Crippen LogP contribution in [0.4, 0.5) is 4.39 Å². The monoisotopic (exact) mass is 355 g/mol. The van der Waals surface area contributed by atoms with Crippen molar-refractivity contribution in [3.63, 3.8) is 0 Å². The van der Waals surface area contributed by atoms with Gasteiger partial charge in [0.2, 0.25) is 5.95 Å². The van der Waals surface area contributed by atoms with E-state index in [1.54, 1.807) is 6.07 Å². The minimum absolute atomic E-state index is 0.385. The third kappa shape index (κ3) is 7.45. The maximum atomic E-state index is 12.7. The van der Waals surface area contributed by atoms with Crippen LogP contribution in [0.2, 0.25) is 0 Å². The number of alkyl halides is 1. The van der Waals surface area contributed by atoms with Crippen LogP contribution < -0.4 is 4.74 Å². The second kappa shape index (κ2) is 9.55. The summed E-state index contributed by atoms with van der Waals surface area (Å²) < 4.78 is 29.4. The van der Waals surface area contributed by atoms with Gasteiger partial charge >= 0.3 is 0 Å². The molecule has 0 saturated heterocycles. The lowest BCUT2D eigenvalue weighted by atomic mass is 10.4. The second-order valence-corrected chi connectivity index (χ2v) is 4.16. The van der Waals surface area contributed by atoms with Crippen LogP contribution in [0.1, 0.15) is 0 Å². The van der Waals surface area contributed by atoms with Gasteiger partial charge in [-0.25, -0.2) is 4.98 Å². The lowest BCUT2D eigenvalue weighted by Crippen LogP contribution is -2.11. The fraction of sp³-hybridized carbons (Fsp3) is 0.545. The molecule has 1 aromatic rings. The molecule has 96 valence electrons. The largest absolute Gasteiger partial charge is 0.491 e. The molecule has 4 nitrogen and oxygen atoms in total. The van der Waals surface area contributed by atoms with E-state index < -0.39 is 5.95 Å². The van der Waals surface area contributed by atoms with Crippen LogP contribution in [0.15, 0.2) is 18.3 Å². The Morgan fingerprint density at radius 3 is 2.53 bits per heavy atom. The molecule has 0 amide bonds. The van der Waals surface area contributed by atoms with Gasteiger partial charge in [0.15, 0.2) is 0 Å². The summed E-state index contributed by atoms with van der Waals surface area (Å²) in [5, 5.41) is 0. The van der Waals surface area contributed by atoms with Gasteiger partial charge in [0.05, 0.1) is 26.4 Å². The zero-order valence-corrected chi connectivity index (χ0v) is 11.6. The zero-order valence-electron chi connectivity index (χ0n) is 9.40. The number of halogens is 2. The van der Waals surface area contributed by atoms with Crippen molar-refractivity contribution in [2.75, 3.05) is 37.5 Å². The second-order valence-electron chi connectivity index (χ2n) is 3.08. The average Bonchev–Trinajstić information content (AvgIpc) is 2.33. The number of ether oxygens (including phenoxy) is 3. The molecule has 0 N–H and O–H groups in total. The Morgan fingerprint density at radius 1 is 1.12 bits per heavy atom. The molecule has 0 radical (unpaired) electrons. The van der Waals surface area contributed by atoms with Gasteiger partial charge in [-0.05, 0) is 6.07 Å². The van der Waals surface area contributed by atoms with E-state index in [2.05, 4.69) is 27.6 Å². The van der Waals surface area contributed by atoms with E-state index in [1.165, 1.54) is 12.3 Å². The summed E-state index contributed by atoms with van der Waals surface area (Å²) in [6, 6.07) is 2.84. The van der Waals surface area contributed by atoms with Crippen molar-refractivity contribution in [2.45, 2.75) is 0 Å². The van der Waals surface area contributed by atoms with Crippen molar-refractivity contribution in [3.8, 4) is 5.75 Å². The molecular weight excluding hydrogens is 340 g/mol. The Morgan fingerprint density at radius 2 is 1.82 bits per heavy atom. The molecule has 0 saturated carbocycles. The summed E-state index contributed by atoms with van der Waals surface area (Å²) in [4.78, 5) is 3.43. The van der Waals surface area contributed by atoms with Crippen molar-refractivity contribution in [2.24, 2.45) is 0 Å². The highest BCUT2D eigenvalue weighted by Crippen LogP contribution is 2.09. The SMILES string of the molecule is Fc1cc(OCCOCCOCCI)ccn1. The van der Waals surface area contributed by atoms with Crippen LogP contribution >= 0.6 is 22.6 Å². The molecule has 0 aliphatic heterocycles. The minimum atomic E-state index is -0.546. The van der Waals surface area contributed by atoms with Gasteiger partial charge in [-0.2, -0.15) is 4.39 Å². The average molecular weight is 355 g/mol. The Balaban J connectivity index is 1.97. The fourth-order valence-corrected chi connectivity index (χ4v) is 1.38. The van der Waals surface area contributed by atoms with E-state index in [0.29, 0.717) is 32.2 Å². The fourth-order valence-electron chi connectivity index (χ4n) is 1.07. The molecule has 6 heteroatoms. The number of rotatable bonds is 9. The molecule has 1 heterocycles. The quantitative estimate of drug-likeness (QED) is 0.294. The van der Waals surface area contributed by atoms with Crippen LogP contribution in [0.5, 0.6) is 5.75 Å². The van der Waals surface area contributed by atoms with Gasteiger partial charge < -0.3 is 14.2 Å². The van der Waals surface area contributed by atoms with Crippen molar-refractivity contribution < 1.29 is 18.6 Å². The zero-order chi connectivity index (χ0) is 12.3. The predicted octanol–water partition coefficient (Wildman–Crippen LogP) is 2.07. The molecule has 0 bridgehead atoms. The highest BCUT2D eigenvalue weighted by molar-refractivity contribution is 14.1. The normalized spacial score (nSPS) is 10.5. The minimum Gasteiger partial charge on any atom is -0.491 e. The van der Waals surface area contributed by atoms with Crippen LogP contribution in [0, 0.1) is 5.95 Å². The van der Waals surface area contributed by atoms with Gasteiger partial charge in [0.1, 0.15) is 12.4 Å². The summed E-state index contributed by atoms with van der Waals surface area (Å²) in [6.07, 6.45) is 1.36. The lowest BCUT2D eigenvalue weighted by molar-refractivity contribution is 0.0416. The first-order valence-electron chi connectivity index (χ1n) is 5.28. The third-order valence-electron chi connectivity index (χ3n) is 1.79. The first-order valence-corrected chi connectivity index (χ1v) is 6.81. The molecule has 0 aromatic carbocycles. The summed E-state index contributed by atoms with van der Waals surface area (Å²) in [6.45, 7) is 2.72. The lowest BCUT2D eigenvalue weighted by Gasteiger charge is -2.07. The molecule has 0 spiro atoms. The maximum absolute atomic E-state index is 12.7. The molecule has 1 aromatic heterocycles. The van der Waals surface area contributed by atoms with Crippen LogP contribution in [0.3, 0.4) is 0 Å². The number of pyridine rings is 1. The van der Waals surface area contributed by atoms with Crippen molar-refractivity contribution >= 4 is 22.6 Å². The molecule has 17 heavy (non-hydrogen) atoms. The van der Waals surface area contributed by atoms with E-state index >= 15 is 0 Å². The number of hydrogen-bond acceptors (Lipinski definition) is 4. The van der Waals surface area contributed by atoms with E-state index in [-0.39, 0.29) is 0 Å². The maximum Gasteiger partial charge on any atom is 0.216 e. The summed E-state index contributed by atoms with van der Waals surface area (Å²) >= 11 is 2.25. The first-order chi connectivity index (χ1) is 8.33. The Hall–Kier alpha value is -0.470. The Bertz CT molecular complexity index is 315. The predicted molar refractivity (Wildman–Crippen MR) is 70.2 cm³/mol. The van der Waals surface area contributed by atoms with E-state index in [9.17, 15) is 4.39 Å². The van der Waals surface area contributed by atoms with Crippen molar-refractivity contribution in [1.29, 1.82) is 0 Å².